The van der Waals surface area contributed by atoms with Gasteiger partial charge in [-0.1, -0.05) is 43.2 Å². The van der Waals surface area contributed by atoms with Crippen molar-refractivity contribution in [2.24, 2.45) is 5.92 Å². The number of hydrogen-bond donors (Lipinski definition) is 1. The van der Waals surface area contributed by atoms with Crippen LogP contribution in [0.2, 0.25) is 0 Å². The number of anilines is 1. The monoisotopic (exact) mass is 471 g/mol. The molecule has 178 valence electrons. The van der Waals surface area contributed by atoms with Crippen LogP contribution in [0, 0.1) is 11.7 Å². The Labute approximate surface area is 202 Å². The average Bonchev–Trinajstić information content (AvgIpc) is 3.54. The number of pyridine rings is 1. The van der Waals surface area contributed by atoms with Crippen molar-refractivity contribution in [3.8, 4) is 0 Å². The number of amides is 2. The van der Waals surface area contributed by atoms with Crippen molar-refractivity contribution in [3.05, 3.63) is 95.8 Å². The quantitative estimate of drug-likeness (QED) is 0.362. The maximum Gasteiger partial charge on any atom is 0.292 e. The van der Waals surface area contributed by atoms with Gasteiger partial charge in [-0.2, -0.15) is 0 Å². The van der Waals surface area contributed by atoms with Crippen molar-refractivity contribution >= 4 is 28.5 Å². The largest absolute Gasteiger partial charge is 0.449 e. The lowest BCUT2D eigenvalue weighted by atomic mass is 10.1. The lowest BCUT2D eigenvalue weighted by molar-refractivity contribution is -0.119. The second-order valence-electron chi connectivity index (χ2n) is 8.92. The zero-order valence-corrected chi connectivity index (χ0v) is 19.2. The Morgan fingerprint density at radius 1 is 0.971 bits per heavy atom. The number of rotatable bonds is 7. The van der Waals surface area contributed by atoms with Crippen LogP contribution in [0.1, 0.15) is 47.4 Å². The third kappa shape index (κ3) is 5.09. The molecule has 1 aliphatic carbocycles. The molecule has 0 bridgehead atoms. The molecular weight excluding hydrogens is 445 g/mol. The van der Waals surface area contributed by atoms with Crippen LogP contribution in [0.4, 0.5) is 10.1 Å². The van der Waals surface area contributed by atoms with Gasteiger partial charge in [-0.3, -0.25) is 14.6 Å². The predicted octanol–water partition coefficient (Wildman–Crippen LogP) is 5.94. The summed E-state index contributed by atoms with van der Waals surface area (Å²) in [5.41, 5.74) is 2.55. The first-order valence-electron chi connectivity index (χ1n) is 11.8. The molecular formula is C28H26FN3O3. The maximum atomic E-state index is 13.9. The standard InChI is InChI=1S/C28H26FN3O3/c29-22-13-11-19(12-14-22)17-32(18-20-6-5-15-30-16-20)28(34)26-25(23-9-3-4-10-24(23)35-26)31-27(33)21-7-1-2-8-21/h3-6,9-16,21H,1-2,7-8,17-18H2,(H,31,33). The van der Waals surface area contributed by atoms with Crippen LogP contribution in [0.15, 0.2) is 77.5 Å². The number of carbonyl (C=O) groups is 2. The lowest BCUT2D eigenvalue weighted by Crippen LogP contribution is -2.31. The van der Waals surface area contributed by atoms with Crippen LogP contribution in [-0.4, -0.2) is 21.7 Å². The van der Waals surface area contributed by atoms with E-state index in [0.717, 1.165) is 36.8 Å². The predicted molar refractivity (Wildman–Crippen MR) is 131 cm³/mol. The van der Waals surface area contributed by atoms with Gasteiger partial charge >= 0.3 is 0 Å². The van der Waals surface area contributed by atoms with Gasteiger partial charge in [0.1, 0.15) is 17.1 Å². The normalized spacial score (nSPS) is 13.7. The van der Waals surface area contributed by atoms with Gasteiger partial charge in [0.05, 0.1) is 0 Å². The van der Waals surface area contributed by atoms with Crippen LogP contribution in [-0.2, 0) is 17.9 Å². The van der Waals surface area contributed by atoms with Crippen LogP contribution >= 0.6 is 0 Å². The van der Waals surface area contributed by atoms with Crippen LogP contribution < -0.4 is 5.32 Å². The van der Waals surface area contributed by atoms with Gasteiger partial charge in [-0.05, 0) is 54.3 Å². The minimum Gasteiger partial charge on any atom is -0.449 e. The van der Waals surface area contributed by atoms with Gasteiger partial charge in [-0.25, -0.2) is 4.39 Å². The molecule has 1 fully saturated rings. The van der Waals surface area contributed by atoms with Crippen LogP contribution in [0.25, 0.3) is 11.0 Å². The van der Waals surface area contributed by atoms with Crippen LogP contribution in [0.3, 0.4) is 0 Å². The molecule has 0 unspecified atom stereocenters. The molecule has 4 aromatic rings. The van der Waals surface area contributed by atoms with Crippen molar-refractivity contribution in [1.29, 1.82) is 0 Å². The van der Waals surface area contributed by atoms with Gasteiger partial charge in [0.25, 0.3) is 5.91 Å². The fraction of sp³-hybridized carbons (Fsp3) is 0.250. The molecule has 2 aromatic heterocycles. The summed E-state index contributed by atoms with van der Waals surface area (Å²) in [5.74, 6) is -0.759. The maximum absolute atomic E-state index is 13.9. The molecule has 6 nitrogen and oxygen atoms in total. The van der Waals surface area contributed by atoms with E-state index in [2.05, 4.69) is 10.3 Å². The van der Waals surface area contributed by atoms with E-state index in [1.54, 1.807) is 35.5 Å². The second kappa shape index (κ2) is 10.1. The minimum absolute atomic E-state index is 0.0580. The van der Waals surface area contributed by atoms with E-state index in [0.29, 0.717) is 16.7 Å². The smallest absolute Gasteiger partial charge is 0.292 e. The fourth-order valence-electron chi connectivity index (χ4n) is 4.60. The first kappa shape index (κ1) is 22.8. The summed E-state index contributed by atoms with van der Waals surface area (Å²) in [6, 6.07) is 17.0. The number of para-hydroxylation sites is 1. The molecule has 0 saturated heterocycles. The van der Waals surface area contributed by atoms with Crippen molar-refractivity contribution < 1.29 is 18.4 Å². The Bertz CT molecular complexity index is 1330. The number of nitrogens with zero attached hydrogens (tertiary/aromatic N) is 2. The minimum atomic E-state index is -0.365. The SMILES string of the molecule is O=C(Nc1c(C(=O)N(Cc2ccc(F)cc2)Cc2cccnc2)oc2ccccc12)C1CCCC1. The Balaban J connectivity index is 1.51. The highest BCUT2D eigenvalue weighted by molar-refractivity contribution is 6.11. The van der Waals surface area contributed by atoms with E-state index in [-0.39, 0.29) is 42.4 Å². The third-order valence-electron chi connectivity index (χ3n) is 6.43. The number of aromatic nitrogens is 1. The summed E-state index contributed by atoms with van der Waals surface area (Å²) >= 11 is 0. The Hall–Kier alpha value is -4.00. The highest BCUT2D eigenvalue weighted by atomic mass is 19.1. The Morgan fingerprint density at radius 3 is 2.46 bits per heavy atom. The third-order valence-corrected chi connectivity index (χ3v) is 6.43. The first-order chi connectivity index (χ1) is 17.1. The Kier molecular flexibility index (Phi) is 6.57. The lowest BCUT2D eigenvalue weighted by Gasteiger charge is -2.23. The number of carbonyl (C=O) groups excluding carboxylic acids is 2. The molecule has 1 saturated carbocycles. The molecule has 0 radical (unpaired) electrons. The van der Waals surface area contributed by atoms with Crippen molar-refractivity contribution in [2.45, 2.75) is 38.8 Å². The topological polar surface area (TPSA) is 75.4 Å². The molecule has 1 N–H and O–H groups in total. The molecule has 2 aromatic carbocycles. The molecule has 7 heteroatoms. The van der Waals surface area contributed by atoms with Gasteiger partial charge in [-0.15, -0.1) is 0 Å². The Morgan fingerprint density at radius 2 is 1.71 bits per heavy atom. The molecule has 0 atom stereocenters. The van der Waals surface area contributed by atoms with E-state index in [1.165, 1.54) is 12.1 Å². The molecule has 0 spiro atoms. The molecule has 5 rings (SSSR count). The fourth-order valence-corrected chi connectivity index (χ4v) is 4.60. The summed E-state index contributed by atoms with van der Waals surface area (Å²) < 4.78 is 19.5. The van der Waals surface area contributed by atoms with Crippen molar-refractivity contribution in [3.63, 3.8) is 0 Å². The van der Waals surface area contributed by atoms with Crippen molar-refractivity contribution in [2.75, 3.05) is 5.32 Å². The summed E-state index contributed by atoms with van der Waals surface area (Å²) in [6.45, 7) is 0.512. The van der Waals surface area contributed by atoms with Gasteiger partial charge in [0.2, 0.25) is 11.7 Å². The average molecular weight is 472 g/mol. The van der Waals surface area contributed by atoms with E-state index < -0.39 is 0 Å². The highest BCUT2D eigenvalue weighted by Gasteiger charge is 2.29. The number of furan rings is 1. The van der Waals surface area contributed by atoms with E-state index >= 15 is 0 Å². The molecule has 2 heterocycles. The van der Waals surface area contributed by atoms with Crippen LogP contribution in [0.5, 0.6) is 0 Å². The molecule has 35 heavy (non-hydrogen) atoms. The van der Waals surface area contributed by atoms with Gasteiger partial charge in [0, 0.05) is 36.8 Å². The van der Waals surface area contributed by atoms with E-state index in [1.807, 2.05) is 30.3 Å². The summed E-state index contributed by atoms with van der Waals surface area (Å²) in [6.07, 6.45) is 7.14. The molecule has 2 amide bonds. The number of nitrogens with one attached hydrogen (secondary N) is 1. The second-order valence-corrected chi connectivity index (χ2v) is 8.92. The zero-order chi connectivity index (χ0) is 24.2. The zero-order valence-electron chi connectivity index (χ0n) is 19.2. The summed E-state index contributed by atoms with van der Waals surface area (Å²) in [5, 5.41) is 3.69. The molecule has 0 aliphatic heterocycles. The van der Waals surface area contributed by atoms with Gasteiger partial charge < -0.3 is 14.6 Å². The number of fused-ring (bicyclic) bond motifs is 1. The highest BCUT2D eigenvalue weighted by Crippen LogP contribution is 2.34. The number of benzene rings is 2. The van der Waals surface area contributed by atoms with Gasteiger partial charge in [0.15, 0.2) is 0 Å². The molecule has 1 aliphatic rings. The van der Waals surface area contributed by atoms with E-state index in [9.17, 15) is 14.0 Å². The van der Waals surface area contributed by atoms with Crippen molar-refractivity contribution in [1.82, 2.24) is 9.88 Å². The number of hydrogen-bond acceptors (Lipinski definition) is 4. The number of halogens is 1. The first-order valence-corrected chi connectivity index (χ1v) is 11.8. The summed E-state index contributed by atoms with van der Waals surface area (Å²) in [7, 11) is 0. The van der Waals surface area contributed by atoms with E-state index in [4.69, 9.17) is 4.42 Å². The summed E-state index contributed by atoms with van der Waals surface area (Å²) in [4.78, 5) is 32.7.